The molecule has 0 aliphatic heterocycles. The fourth-order valence-corrected chi connectivity index (χ4v) is 1.68. The molecule has 0 aliphatic carbocycles. The number of rotatable bonds is 7. The third-order valence-electron chi connectivity index (χ3n) is 2.63. The summed E-state index contributed by atoms with van der Waals surface area (Å²) in [7, 11) is 1.57. The summed E-state index contributed by atoms with van der Waals surface area (Å²) in [6, 6.07) is 0.0575. The molecule has 0 rings (SSSR count). The average Bonchev–Trinajstić information content (AvgIpc) is 2.34. The van der Waals surface area contributed by atoms with Gasteiger partial charge in [-0.2, -0.15) is 0 Å². The molecule has 1 amide bonds. The van der Waals surface area contributed by atoms with E-state index in [1.165, 1.54) is 0 Å². The maximum Gasteiger partial charge on any atom is 0.397 e. The van der Waals surface area contributed by atoms with Crippen molar-refractivity contribution in [3.8, 4) is 0 Å². The fraction of sp³-hybridized carbons (Fsp3) is 0.833. The maximum absolute atomic E-state index is 11.9. The minimum absolute atomic E-state index is 0.0575. The molecule has 0 bridgehead atoms. The van der Waals surface area contributed by atoms with Gasteiger partial charge < -0.3 is 14.4 Å². The summed E-state index contributed by atoms with van der Waals surface area (Å²) in [4.78, 5) is 24.9. The molecule has 100 valence electrons. The molecule has 0 saturated carbocycles. The van der Waals surface area contributed by atoms with Crippen molar-refractivity contribution < 1.29 is 19.1 Å². The summed E-state index contributed by atoms with van der Waals surface area (Å²) < 4.78 is 9.69. The first-order valence-corrected chi connectivity index (χ1v) is 6.08. The predicted molar refractivity (Wildman–Crippen MR) is 64.6 cm³/mol. The number of hydrogen-bond donors (Lipinski definition) is 0. The van der Waals surface area contributed by atoms with E-state index in [2.05, 4.69) is 0 Å². The normalized spacial score (nSPS) is 10.4. The average molecular weight is 245 g/mol. The van der Waals surface area contributed by atoms with Crippen LogP contribution in [0.2, 0.25) is 0 Å². The molecule has 0 spiro atoms. The number of carbonyl (C=O) groups excluding carboxylic acids is 2. The van der Waals surface area contributed by atoms with Crippen LogP contribution in [0.4, 0.5) is 0 Å². The Hall–Kier alpha value is -1.10. The van der Waals surface area contributed by atoms with Crippen LogP contribution >= 0.6 is 0 Å². The molecule has 17 heavy (non-hydrogen) atoms. The van der Waals surface area contributed by atoms with Gasteiger partial charge in [0.2, 0.25) is 0 Å². The Balaban J connectivity index is 4.64. The van der Waals surface area contributed by atoms with Gasteiger partial charge in [-0.15, -0.1) is 0 Å². The summed E-state index contributed by atoms with van der Waals surface area (Å²) in [5.74, 6) is -1.35. The summed E-state index contributed by atoms with van der Waals surface area (Å²) in [6.45, 7) is 6.72. The van der Waals surface area contributed by atoms with E-state index in [1.54, 1.807) is 18.9 Å². The predicted octanol–water partition coefficient (Wildman–Crippen LogP) is 1.21. The topological polar surface area (TPSA) is 55.8 Å². The van der Waals surface area contributed by atoms with Crippen LogP contribution in [0.25, 0.3) is 0 Å². The first kappa shape index (κ1) is 15.9. The largest absolute Gasteiger partial charge is 0.459 e. The van der Waals surface area contributed by atoms with Gasteiger partial charge in [0.15, 0.2) is 0 Å². The van der Waals surface area contributed by atoms with E-state index in [-0.39, 0.29) is 12.6 Å². The summed E-state index contributed by atoms with van der Waals surface area (Å²) in [5, 5.41) is 0. The summed E-state index contributed by atoms with van der Waals surface area (Å²) >= 11 is 0. The Kier molecular flexibility index (Phi) is 8.40. The molecule has 0 saturated heterocycles. The molecule has 0 aliphatic rings. The second kappa shape index (κ2) is 8.98. The van der Waals surface area contributed by atoms with E-state index in [4.69, 9.17) is 9.47 Å². The van der Waals surface area contributed by atoms with Crippen molar-refractivity contribution in [1.82, 2.24) is 4.90 Å². The molecule has 5 nitrogen and oxygen atoms in total. The first-order chi connectivity index (χ1) is 8.12. The van der Waals surface area contributed by atoms with E-state index in [0.717, 1.165) is 12.8 Å². The van der Waals surface area contributed by atoms with Gasteiger partial charge in [0.05, 0.1) is 13.2 Å². The molecule has 0 aromatic heterocycles. The van der Waals surface area contributed by atoms with Crippen molar-refractivity contribution in [2.24, 2.45) is 0 Å². The number of ether oxygens (including phenoxy) is 2. The minimum Gasteiger partial charge on any atom is -0.459 e. The highest BCUT2D eigenvalue weighted by Gasteiger charge is 2.27. The molecule has 5 heteroatoms. The van der Waals surface area contributed by atoms with Gasteiger partial charge in [-0.25, -0.2) is 4.79 Å². The molecule has 0 radical (unpaired) electrons. The van der Waals surface area contributed by atoms with Crippen molar-refractivity contribution in [3.63, 3.8) is 0 Å². The number of amides is 1. The third kappa shape index (κ3) is 5.17. The molecule has 0 unspecified atom stereocenters. The number of esters is 1. The zero-order chi connectivity index (χ0) is 13.3. The van der Waals surface area contributed by atoms with Crippen LogP contribution in [-0.2, 0) is 19.1 Å². The molecule has 0 aromatic carbocycles. The number of carbonyl (C=O) groups is 2. The van der Waals surface area contributed by atoms with Crippen LogP contribution in [0, 0.1) is 0 Å². The Bertz CT molecular complexity index is 239. The van der Waals surface area contributed by atoms with Gasteiger partial charge in [-0.3, -0.25) is 4.79 Å². The van der Waals surface area contributed by atoms with Gasteiger partial charge in [-0.05, 0) is 19.8 Å². The van der Waals surface area contributed by atoms with Crippen molar-refractivity contribution in [2.45, 2.75) is 39.7 Å². The van der Waals surface area contributed by atoms with Crippen molar-refractivity contribution in [2.75, 3.05) is 26.9 Å². The third-order valence-corrected chi connectivity index (χ3v) is 2.63. The Morgan fingerprint density at radius 2 is 1.76 bits per heavy atom. The lowest BCUT2D eigenvalue weighted by Gasteiger charge is -2.29. The minimum atomic E-state index is -0.782. The monoisotopic (exact) mass is 245 g/mol. The zero-order valence-electron chi connectivity index (χ0n) is 11.2. The SMILES string of the molecule is CCOC(=O)C(=O)N(CCOC)C(CC)CC. The molecule has 0 atom stereocenters. The molecular weight excluding hydrogens is 222 g/mol. The van der Waals surface area contributed by atoms with E-state index in [0.29, 0.717) is 13.2 Å². The van der Waals surface area contributed by atoms with Gasteiger partial charge in [-0.1, -0.05) is 13.8 Å². The van der Waals surface area contributed by atoms with Crippen molar-refractivity contribution in [3.05, 3.63) is 0 Å². The summed E-state index contributed by atoms with van der Waals surface area (Å²) in [6.07, 6.45) is 1.62. The number of methoxy groups -OCH3 is 1. The second-order valence-corrected chi connectivity index (χ2v) is 3.68. The van der Waals surface area contributed by atoms with Crippen LogP contribution in [0.1, 0.15) is 33.6 Å². The lowest BCUT2D eigenvalue weighted by atomic mass is 10.1. The molecule has 0 fully saturated rings. The van der Waals surface area contributed by atoms with Gasteiger partial charge >= 0.3 is 11.9 Å². The Labute approximate surface area is 103 Å². The van der Waals surface area contributed by atoms with E-state index >= 15 is 0 Å². The molecule has 0 N–H and O–H groups in total. The van der Waals surface area contributed by atoms with Crippen LogP contribution in [0.15, 0.2) is 0 Å². The maximum atomic E-state index is 11.9. The van der Waals surface area contributed by atoms with E-state index in [9.17, 15) is 9.59 Å². The van der Waals surface area contributed by atoms with Crippen LogP contribution in [0.5, 0.6) is 0 Å². The highest BCUT2D eigenvalue weighted by atomic mass is 16.5. The van der Waals surface area contributed by atoms with Gasteiger partial charge in [0.25, 0.3) is 0 Å². The highest BCUT2D eigenvalue weighted by molar-refractivity contribution is 6.32. The van der Waals surface area contributed by atoms with Crippen LogP contribution in [-0.4, -0.2) is 49.7 Å². The quantitative estimate of drug-likeness (QED) is 0.500. The highest BCUT2D eigenvalue weighted by Crippen LogP contribution is 2.09. The lowest BCUT2D eigenvalue weighted by molar-refractivity contribution is -0.161. The molecular formula is C12H23NO4. The molecule has 0 heterocycles. The van der Waals surface area contributed by atoms with Crippen molar-refractivity contribution >= 4 is 11.9 Å². The van der Waals surface area contributed by atoms with Gasteiger partial charge in [0, 0.05) is 19.7 Å². The number of hydrogen-bond acceptors (Lipinski definition) is 4. The van der Waals surface area contributed by atoms with E-state index in [1.807, 2.05) is 13.8 Å². The van der Waals surface area contributed by atoms with Crippen molar-refractivity contribution in [1.29, 1.82) is 0 Å². The van der Waals surface area contributed by atoms with Crippen LogP contribution in [0.3, 0.4) is 0 Å². The lowest BCUT2D eigenvalue weighted by Crippen LogP contribution is -2.45. The smallest absolute Gasteiger partial charge is 0.397 e. The second-order valence-electron chi connectivity index (χ2n) is 3.68. The first-order valence-electron chi connectivity index (χ1n) is 6.08. The fourth-order valence-electron chi connectivity index (χ4n) is 1.68. The molecule has 0 aromatic rings. The Morgan fingerprint density at radius 1 is 1.18 bits per heavy atom. The van der Waals surface area contributed by atoms with Gasteiger partial charge in [0.1, 0.15) is 0 Å². The van der Waals surface area contributed by atoms with E-state index < -0.39 is 11.9 Å². The zero-order valence-corrected chi connectivity index (χ0v) is 11.2. The standard InChI is InChI=1S/C12H23NO4/c1-5-10(6-2)13(8-9-16-4)11(14)12(15)17-7-3/h10H,5-9H2,1-4H3. The van der Waals surface area contributed by atoms with Crippen LogP contribution < -0.4 is 0 Å². The Morgan fingerprint density at radius 3 is 2.18 bits per heavy atom. The summed E-state index contributed by atoms with van der Waals surface area (Å²) in [5.41, 5.74) is 0. The number of nitrogens with zero attached hydrogens (tertiary/aromatic N) is 1.